The van der Waals surface area contributed by atoms with Crippen molar-refractivity contribution in [3.05, 3.63) is 45.9 Å². The van der Waals surface area contributed by atoms with Crippen LogP contribution in [0.4, 0.5) is 0 Å². The highest BCUT2D eigenvalue weighted by Gasteiger charge is 2.23. The first-order valence-electron chi connectivity index (χ1n) is 8.48. The number of hydrogen-bond acceptors (Lipinski definition) is 5. The van der Waals surface area contributed by atoms with E-state index in [9.17, 15) is 4.79 Å². The smallest absolute Gasteiger partial charge is 0.313 e. The van der Waals surface area contributed by atoms with Crippen LogP contribution < -0.4 is 4.74 Å². The largest absolute Gasteiger partial charge is 0.490 e. The molecule has 1 heterocycles. The summed E-state index contributed by atoms with van der Waals surface area (Å²) < 4.78 is 11.1. The summed E-state index contributed by atoms with van der Waals surface area (Å²) in [6.07, 6.45) is 6.91. The second-order valence-corrected chi connectivity index (χ2v) is 8.09. The average molecular weight is 357 g/mol. The fraction of sp³-hybridized carbons (Fsp3) is 0.400. The molecule has 0 amide bonds. The highest BCUT2D eigenvalue weighted by Crippen LogP contribution is 2.27. The maximum atomic E-state index is 11.8. The number of nitrogens with zero attached hydrogens (tertiary/aromatic N) is 1. The van der Waals surface area contributed by atoms with Crippen LogP contribution in [0.1, 0.15) is 49.9 Å². The molecule has 1 aromatic carbocycles. The molecule has 0 unspecified atom stereocenters. The first kappa shape index (κ1) is 17.7. The van der Waals surface area contributed by atoms with Gasteiger partial charge in [-0.3, -0.25) is 4.79 Å². The van der Waals surface area contributed by atoms with Gasteiger partial charge in [0.15, 0.2) is 0 Å². The van der Waals surface area contributed by atoms with Crippen molar-refractivity contribution in [1.82, 2.24) is 4.98 Å². The summed E-state index contributed by atoms with van der Waals surface area (Å²) in [4.78, 5) is 16.3. The van der Waals surface area contributed by atoms with Gasteiger partial charge in [-0.05, 0) is 57.4 Å². The van der Waals surface area contributed by atoms with Crippen LogP contribution in [0, 0.1) is 0 Å². The van der Waals surface area contributed by atoms with Gasteiger partial charge in [-0.15, -0.1) is 11.3 Å². The topological polar surface area (TPSA) is 48.4 Å². The minimum atomic E-state index is -0.466. The highest BCUT2D eigenvalue weighted by molar-refractivity contribution is 7.09. The van der Waals surface area contributed by atoms with E-state index in [2.05, 4.69) is 4.98 Å². The van der Waals surface area contributed by atoms with Crippen molar-refractivity contribution in [2.24, 2.45) is 0 Å². The van der Waals surface area contributed by atoms with Crippen LogP contribution in [0.25, 0.3) is 12.2 Å². The van der Waals surface area contributed by atoms with Gasteiger partial charge in [-0.25, -0.2) is 4.98 Å². The van der Waals surface area contributed by atoms with Crippen molar-refractivity contribution >= 4 is 29.5 Å². The number of benzene rings is 1. The summed E-state index contributed by atoms with van der Waals surface area (Å²) in [5.74, 6) is 0.677. The van der Waals surface area contributed by atoms with E-state index in [1.807, 2.05) is 62.6 Å². The number of thiazole rings is 1. The van der Waals surface area contributed by atoms with Gasteiger partial charge in [0.05, 0.1) is 18.2 Å². The van der Waals surface area contributed by atoms with Crippen molar-refractivity contribution in [3.63, 3.8) is 0 Å². The van der Waals surface area contributed by atoms with E-state index < -0.39 is 5.60 Å². The second-order valence-electron chi connectivity index (χ2n) is 7.15. The molecular weight excluding hydrogens is 334 g/mol. The lowest BCUT2D eigenvalue weighted by Gasteiger charge is -2.18. The van der Waals surface area contributed by atoms with Crippen LogP contribution in [-0.4, -0.2) is 22.7 Å². The normalized spacial score (nSPS) is 14.7. The molecule has 0 radical (unpaired) electrons. The summed E-state index contributed by atoms with van der Waals surface area (Å²) in [6, 6.07) is 8.05. The van der Waals surface area contributed by atoms with E-state index >= 15 is 0 Å². The Morgan fingerprint density at radius 2 is 1.96 bits per heavy atom. The molecule has 1 aromatic heterocycles. The number of rotatable bonds is 6. The Morgan fingerprint density at radius 3 is 2.60 bits per heavy atom. The number of carbonyl (C=O) groups excluding carboxylic acids is 1. The van der Waals surface area contributed by atoms with Crippen molar-refractivity contribution < 1.29 is 14.3 Å². The minimum absolute atomic E-state index is 0.211. The van der Waals surface area contributed by atoms with Crippen LogP contribution in [0.15, 0.2) is 29.6 Å². The predicted octanol–water partition coefficient (Wildman–Crippen LogP) is 4.74. The van der Waals surface area contributed by atoms with Gasteiger partial charge in [-0.1, -0.05) is 18.2 Å². The number of hydrogen-bond donors (Lipinski definition) is 0. The fourth-order valence-corrected chi connectivity index (χ4v) is 2.95. The zero-order chi connectivity index (χ0) is 17.9. The number of carbonyl (C=O) groups is 1. The maximum Gasteiger partial charge on any atom is 0.313 e. The molecule has 2 aromatic rings. The first-order chi connectivity index (χ1) is 11.9. The van der Waals surface area contributed by atoms with E-state index in [-0.39, 0.29) is 12.4 Å². The Kier molecular flexibility index (Phi) is 5.23. The molecule has 0 atom stereocenters. The summed E-state index contributed by atoms with van der Waals surface area (Å²) in [7, 11) is 0. The van der Waals surface area contributed by atoms with Crippen LogP contribution in [-0.2, 0) is 16.0 Å². The molecule has 0 spiro atoms. The fourth-order valence-electron chi connectivity index (χ4n) is 2.20. The molecule has 3 rings (SSSR count). The minimum Gasteiger partial charge on any atom is -0.490 e. The lowest BCUT2D eigenvalue weighted by Crippen LogP contribution is -2.24. The van der Waals surface area contributed by atoms with Crippen molar-refractivity contribution in [2.45, 2.75) is 51.7 Å². The van der Waals surface area contributed by atoms with E-state index in [4.69, 9.17) is 9.47 Å². The van der Waals surface area contributed by atoms with E-state index in [0.29, 0.717) is 6.10 Å². The molecule has 0 bridgehead atoms. The molecule has 1 fully saturated rings. The third kappa shape index (κ3) is 6.02. The van der Waals surface area contributed by atoms with Gasteiger partial charge < -0.3 is 9.47 Å². The molecule has 4 nitrogen and oxygen atoms in total. The van der Waals surface area contributed by atoms with Crippen LogP contribution in [0.3, 0.4) is 0 Å². The van der Waals surface area contributed by atoms with Gasteiger partial charge in [0.1, 0.15) is 16.4 Å². The summed E-state index contributed by atoms with van der Waals surface area (Å²) in [5.41, 5.74) is 1.47. The van der Waals surface area contributed by atoms with Crippen molar-refractivity contribution in [3.8, 4) is 5.75 Å². The molecule has 5 heteroatoms. The van der Waals surface area contributed by atoms with E-state index in [1.165, 1.54) is 11.3 Å². The van der Waals surface area contributed by atoms with E-state index in [1.54, 1.807) is 0 Å². The Balaban J connectivity index is 1.55. The molecule has 25 heavy (non-hydrogen) atoms. The van der Waals surface area contributed by atoms with Gasteiger partial charge in [0.2, 0.25) is 0 Å². The maximum absolute atomic E-state index is 11.8. The summed E-state index contributed by atoms with van der Waals surface area (Å²) in [5, 5.41) is 2.71. The number of esters is 1. The highest BCUT2D eigenvalue weighted by atomic mass is 32.1. The van der Waals surface area contributed by atoms with Gasteiger partial charge in [0, 0.05) is 5.38 Å². The molecule has 0 saturated heterocycles. The predicted molar refractivity (Wildman–Crippen MR) is 101 cm³/mol. The van der Waals surface area contributed by atoms with Gasteiger partial charge in [0.25, 0.3) is 0 Å². The molecule has 132 valence electrons. The van der Waals surface area contributed by atoms with Crippen LogP contribution >= 0.6 is 11.3 Å². The standard InChI is InChI=1S/C20H23NO3S/c1-20(2,3)24-19(22)12-18-21-15(13-25-18)7-4-14-5-8-16(9-6-14)23-17-10-11-17/h4-9,13,17H,10-12H2,1-3H3/b7-4+. The lowest BCUT2D eigenvalue weighted by atomic mass is 10.2. The SMILES string of the molecule is CC(C)(C)OC(=O)Cc1nc(/C=C/c2ccc(OC3CC3)cc2)cs1. The summed E-state index contributed by atoms with van der Waals surface area (Å²) in [6.45, 7) is 5.59. The number of ether oxygens (including phenoxy) is 2. The Bertz CT molecular complexity index is 752. The van der Waals surface area contributed by atoms with Gasteiger partial charge in [-0.2, -0.15) is 0 Å². The van der Waals surface area contributed by atoms with E-state index in [0.717, 1.165) is 34.9 Å². The monoisotopic (exact) mass is 357 g/mol. The third-order valence-electron chi connectivity index (χ3n) is 3.44. The van der Waals surface area contributed by atoms with Crippen molar-refractivity contribution in [2.75, 3.05) is 0 Å². The molecule has 0 N–H and O–H groups in total. The Hall–Kier alpha value is -2.14. The van der Waals surface area contributed by atoms with Crippen LogP contribution in [0.2, 0.25) is 0 Å². The molecule has 1 aliphatic carbocycles. The Morgan fingerprint density at radius 1 is 1.24 bits per heavy atom. The summed E-state index contributed by atoms with van der Waals surface area (Å²) >= 11 is 1.47. The molecular formula is C20H23NO3S. The number of aromatic nitrogens is 1. The van der Waals surface area contributed by atoms with Crippen LogP contribution in [0.5, 0.6) is 5.75 Å². The molecule has 1 saturated carbocycles. The van der Waals surface area contributed by atoms with Crippen molar-refractivity contribution in [1.29, 1.82) is 0 Å². The molecule has 1 aliphatic rings. The second kappa shape index (κ2) is 7.40. The lowest BCUT2D eigenvalue weighted by molar-refractivity contribution is -0.153. The zero-order valence-electron chi connectivity index (χ0n) is 14.8. The Labute approximate surface area is 152 Å². The quantitative estimate of drug-likeness (QED) is 0.701. The average Bonchev–Trinajstić information content (AvgIpc) is 3.22. The molecule has 0 aliphatic heterocycles. The zero-order valence-corrected chi connectivity index (χ0v) is 15.6. The first-order valence-corrected chi connectivity index (χ1v) is 9.36. The third-order valence-corrected chi connectivity index (χ3v) is 4.31. The van der Waals surface area contributed by atoms with Gasteiger partial charge >= 0.3 is 5.97 Å².